The van der Waals surface area contributed by atoms with Crippen LogP contribution in [0.15, 0.2) is 109 Å². The molecular weight excluding hydrogens is 1790 g/mol. The zero-order chi connectivity index (χ0) is 100. The van der Waals surface area contributed by atoms with E-state index in [1.165, 1.54) is 48.8 Å². The van der Waals surface area contributed by atoms with Gasteiger partial charge in [0.15, 0.2) is 17.1 Å². The van der Waals surface area contributed by atoms with E-state index >= 15 is 0 Å². The first kappa shape index (κ1) is 93.8. The molecule has 702 valence electrons. The van der Waals surface area contributed by atoms with Gasteiger partial charge < -0.3 is 0 Å². The molecule has 6 heterocycles. The first-order valence-corrected chi connectivity index (χ1v) is 48.5. The number of hydrogen-bond acceptors (Lipinski definition) is 15. The highest BCUT2D eigenvalue weighted by Gasteiger charge is 2.52. The third-order valence-corrected chi connectivity index (χ3v) is 30.1. The molecule has 6 aliphatic heterocycles. The number of alkyl halides is 3. The number of hydrogen-bond donors (Lipinski definition) is 0. The number of rotatable bonds is 24. The highest BCUT2D eigenvalue weighted by Crippen LogP contribution is 2.57. The Morgan fingerprint density at radius 1 is 0.270 bits per heavy atom. The molecule has 24 nitrogen and oxygen atoms in total. The number of unbranched alkanes of at least 4 members (excludes halogenated alkanes) is 2. The van der Waals surface area contributed by atoms with Crippen LogP contribution in [-0.4, -0.2) is 143 Å². The van der Waals surface area contributed by atoms with E-state index in [0.717, 1.165) is 38.5 Å². The van der Waals surface area contributed by atoms with Crippen molar-refractivity contribution in [3.63, 3.8) is 0 Å². The van der Waals surface area contributed by atoms with Gasteiger partial charge in [0.2, 0.25) is 0 Å². The minimum absolute atomic E-state index is 0.0281. The molecule has 6 atom stereocenters. The number of halogens is 3. The van der Waals surface area contributed by atoms with Gasteiger partial charge >= 0.3 is 6.18 Å². The summed E-state index contributed by atoms with van der Waals surface area (Å²) in [6.07, 6.45) is 5.94. The van der Waals surface area contributed by atoms with Gasteiger partial charge in [-0.3, -0.25) is 86.9 Å². The molecule has 0 radical (unpaired) electrons. The Balaban J connectivity index is 0.000000135. The Morgan fingerprint density at radius 3 is 0.716 bits per heavy atom. The van der Waals surface area contributed by atoms with Gasteiger partial charge in [0, 0.05) is 129 Å². The van der Waals surface area contributed by atoms with Gasteiger partial charge in [0.05, 0.1) is 71.3 Å². The molecule has 15 aromatic carbocycles. The largest absolute Gasteiger partial charge is 0.409 e. The molecule has 0 N–H and O–H groups in total. The van der Waals surface area contributed by atoms with Crippen molar-refractivity contribution in [2.45, 2.75) is 234 Å². The van der Waals surface area contributed by atoms with Crippen LogP contribution in [0.1, 0.15) is 333 Å². The van der Waals surface area contributed by atoms with Crippen LogP contribution in [0.2, 0.25) is 0 Å². The zero-order valence-corrected chi connectivity index (χ0v) is 79.5. The fourth-order valence-electron chi connectivity index (χ4n) is 23.8. The van der Waals surface area contributed by atoms with Crippen LogP contribution < -0.4 is 0 Å². The van der Waals surface area contributed by atoms with Gasteiger partial charge in [-0.2, -0.15) is 29.0 Å². The van der Waals surface area contributed by atoms with Crippen LogP contribution in [0, 0.1) is 53.7 Å². The highest BCUT2D eigenvalue weighted by atomic mass is 19.4. The lowest BCUT2D eigenvalue weighted by atomic mass is 9.80. The molecule has 15 aromatic rings. The molecule has 0 saturated heterocycles. The van der Waals surface area contributed by atoms with Crippen LogP contribution in [-0.2, 0) is 0 Å². The number of amides is 12. The maximum atomic E-state index is 14.4. The van der Waals surface area contributed by atoms with Crippen LogP contribution in [0.3, 0.4) is 0 Å². The maximum Gasteiger partial charge on any atom is 0.409 e. The molecule has 6 aliphatic rings. The number of fused-ring (bicyclic) bond motifs is 6. The van der Waals surface area contributed by atoms with E-state index in [4.69, 9.17) is 19.7 Å². The molecule has 0 aromatic heterocycles. The average molecular weight is 1880 g/mol. The summed E-state index contributed by atoms with van der Waals surface area (Å²) in [4.78, 5) is 187. The third-order valence-electron chi connectivity index (χ3n) is 30.1. The fourth-order valence-corrected chi connectivity index (χ4v) is 23.8. The summed E-state index contributed by atoms with van der Waals surface area (Å²) in [6, 6.07) is 31.9. The van der Waals surface area contributed by atoms with E-state index in [9.17, 15) is 86.5 Å². The smallest absolute Gasteiger partial charge is 0.272 e. The molecule has 0 fully saturated rings. The zero-order valence-electron chi connectivity index (χ0n) is 79.5. The first-order chi connectivity index (χ1) is 67.9. The molecule has 21 rings (SSSR count). The van der Waals surface area contributed by atoms with Crippen molar-refractivity contribution < 1.29 is 70.7 Å². The standard InChI is InChI=1S/C38H29F3N4O4.2C38H32N4O4/c1-5-7-9-18(3)44-34(46)22-13-11-20-28-19(17-42)15-24-29-23(35(47)45(37(24)49)27(10-8-6-2)38(39,40)41)14-12-21(32(28)29)31-26(43-4)16-25(36(44)48)30(22)33(20)31;2*1-6-10-20(8-3)41-35(43)24-15-13-23-32-28(40-5)17-27-31-25(36(44)42(38(27)46)21(9-4)11-7-2)14-12-22(34(31)32)29-19(18-39)16-26(37(41)45)30(24)33(23)29/h11-16,18,27H,5-10H2,1-3H3;2*12-17,20-21H,6-11H2,1-4H3/t18-,27+;2*20-,21-/m110/s1. The van der Waals surface area contributed by atoms with Gasteiger partial charge in [-0.15, -0.1) is 0 Å². The quantitative estimate of drug-likeness (QED) is 0.0235. The van der Waals surface area contributed by atoms with Gasteiger partial charge in [-0.25, -0.2) is 14.5 Å². The first-order valence-electron chi connectivity index (χ1n) is 48.5. The summed E-state index contributed by atoms with van der Waals surface area (Å²) in [5.41, 5.74) is 3.89. The SMILES string of the molecule is [C-]#[N+]c1cc2c3c(ccc4c5c(C#N)cc6c7c(ccc(c1c34)c75)C(=O)N([C@@H](CC)CCC)C6=O)C(=O)N([C@@H](CC)CCC)C2=O.[C-]#[N+]c1cc2c3c(ccc4c5c(C#N)cc6c7c(ccc(c1c34)c75)C(=O)N([C@@H](CCCC)C(F)(F)F)C6=O)C(=O)N([C@H](C)CCCC)C2=O.[C-]#[N+]c1cc2c3c(ccc4c5c(C#N)cc6c7c(ccc(c1c34)c75)C(=O)N([C@H](CC)CCC)C6=O)C(=O)N([C@H](CC)CCC)C2=O. The number of carbonyl (C=O) groups is 12. The predicted molar refractivity (Wildman–Crippen MR) is 533 cm³/mol. The van der Waals surface area contributed by atoms with Crippen LogP contribution >= 0.6 is 0 Å². The van der Waals surface area contributed by atoms with Gasteiger partial charge in [-0.05, 0) is 225 Å². The van der Waals surface area contributed by atoms with E-state index in [-0.39, 0.29) is 132 Å². The van der Waals surface area contributed by atoms with Crippen molar-refractivity contribution in [1.82, 2.24) is 29.4 Å². The molecule has 141 heavy (non-hydrogen) atoms. The Labute approximate surface area is 807 Å². The molecule has 0 unspecified atom stereocenters. The maximum absolute atomic E-state index is 14.4. The minimum atomic E-state index is -4.88. The van der Waals surface area contributed by atoms with Gasteiger partial charge in [-0.1, -0.05) is 157 Å². The summed E-state index contributed by atoms with van der Waals surface area (Å²) in [5.74, 6) is -6.37. The lowest BCUT2D eigenvalue weighted by Gasteiger charge is -2.35. The molecule has 27 heteroatoms. The number of nitrogens with zero attached hydrogens (tertiary/aromatic N) is 12. The van der Waals surface area contributed by atoms with Crippen molar-refractivity contribution in [3.8, 4) is 18.2 Å². The summed E-state index contributed by atoms with van der Waals surface area (Å²) >= 11 is 0. The molecule has 0 spiro atoms. The Kier molecular flexibility index (Phi) is 23.5. The summed E-state index contributed by atoms with van der Waals surface area (Å²) in [7, 11) is 0. The lowest BCUT2D eigenvalue weighted by Crippen LogP contribution is -2.53. The van der Waals surface area contributed by atoms with E-state index in [0.29, 0.717) is 227 Å². The van der Waals surface area contributed by atoms with Crippen molar-refractivity contribution in [1.29, 1.82) is 15.8 Å². The summed E-state index contributed by atoms with van der Waals surface area (Å²) in [5, 5.41) is 42.8. The van der Waals surface area contributed by atoms with Crippen molar-refractivity contribution in [3.05, 3.63) is 227 Å². The number of carbonyl (C=O) groups excluding carboxylic acids is 12. The number of nitriles is 3. The second-order valence-corrected chi connectivity index (χ2v) is 37.6. The van der Waals surface area contributed by atoms with Crippen molar-refractivity contribution >= 4 is 217 Å². The molecular formula is C114H93F3N12O12. The second-order valence-electron chi connectivity index (χ2n) is 37.6. The third kappa shape index (κ3) is 13.3. The predicted octanol–water partition coefficient (Wildman–Crippen LogP) is 26.1. The van der Waals surface area contributed by atoms with Crippen LogP contribution in [0.25, 0.3) is 144 Å². The Bertz CT molecular complexity index is 7900. The normalized spacial score (nSPS) is 15.8. The molecule has 0 bridgehead atoms. The van der Waals surface area contributed by atoms with Crippen LogP contribution in [0.4, 0.5) is 30.2 Å². The second kappa shape index (κ2) is 35.3. The van der Waals surface area contributed by atoms with Crippen LogP contribution in [0.5, 0.6) is 0 Å². The Morgan fingerprint density at radius 2 is 0.482 bits per heavy atom. The monoisotopic (exact) mass is 1880 g/mol. The molecule has 0 saturated carbocycles. The summed E-state index contributed by atoms with van der Waals surface area (Å²) < 4.78 is 43.1. The Hall–Kier alpha value is -16.2. The topological polar surface area (TPSA) is 309 Å². The van der Waals surface area contributed by atoms with E-state index in [1.807, 2.05) is 69.2 Å². The van der Waals surface area contributed by atoms with E-state index in [2.05, 4.69) is 32.7 Å². The van der Waals surface area contributed by atoms with E-state index in [1.54, 1.807) is 91.9 Å². The van der Waals surface area contributed by atoms with Gasteiger partial charge in [0.25, 0.3) is 70.9 Å². The number of imide groups is 6. The minimum Gasteiger partial charge on any atom is -0.272 e. The molecule has 0 aliphatic carbocycles. The van der Waals surface area contributed by atoms with Crippen molar-refractivity contribution in [2.24, 2.45) is 0 Å². The average Bonchev–Trinajstić information content (AvgIpc) is 0.685. The van der Waals surface area contributed by atoms with Gasteiger partial charge in [0.1, 0.15) is 6.04 Å². The summed E-state index contributed by atoms with van der Waals surface area (Å²) in [6.45, 7) is 46.0. The molecule has 12 amide bonds. The lowest BCUT2D eigenvalue weighted by molar-refractivity contribution is -0.173. The van der Waals surface area contributed by atoms with E-state index < -0.39 is 65.9 Å². The highest BCUT2D eigenvalue weighted by molar-refractivity contribution is 6.48. The fraction of sp³-hybridized carbons (Fsp3) is 0.316. The van der Waals surface area contributed by atoms with Crippen molar-refractivity contribution in [2.75, 3.05) is 0 Å². The number of benzene rings is 15.